The molecule has 122 valence electrons. The van der Waals surface area contributed by atoms with Crippen LogP contribution in [0.1, 0.15) is 16.1 Å². The second-order valence-electron chi connectivity index (χ2n) is 4.86. The number of nitrogens with zero attached hydrogens (tertiary/aromatic N) is 3. The minimum atomic E-state index is -0.420. The molecule has 0 aliphatic carbocycles. The molecule has 1 aromatic carbocycles. The van der Waals surface area contributed by atoms with Crippen LogP contribution in [-0.4, -0.2) is 21.0 Å². The number of halogens is 2. The van der Waals surface area contributed by atoms with Gasteiger partial charge < -0.3 is 15.6 Å². The molecule has 3 N–H and O–H groups in total. The number of aromatic nitrogens is 3. The van der Waals surface area contributed by atoms with Crippen molar-refractivity contribution in [2.75, 3.05) is 11.1 Å². The third-order valence-corrected chi connectivity index (χ3v) is 4.06. The van der Waals surface area contributed by atoms with E-state index in [4.69, 9.17) is 33.5 Å². The number of benzene rings is 1. The Morgan fingerprint density at radius 2 is 2.12 bits per heavy atom. The first kappa shape index (κ1) is 16.2. The van der Waals surface area contributed by atoms with Crippen molar-refractivity contribution in [2.24, 2.45) is 0 Å². The van der Waals surface area contributed by atoms with E-state index in [1.807, 2.05) is 0 Å². The zero-order valence-electron chi connectivity index (χ0n) is 12.4. The molecule has 0 fully saturated rings. The highest BCUT2D eigenvalue weighted by Gasteiger charge is 2.16. The maximum absolute atomic E-state index is 12.1. The number of rotatable bonds is 3. The van der Waals surface area contributed by atoms with Gasteiger partial charge in [0.1, 0.15) is 17.5 Å². The van der Waals surface area contributed by atoms with Crippen molar-refractivity contribution in [1.29, 1.82) is 0 Å². The zero-order valence-corrected chi connectivity index (χ0v) is 13.9. The molecule has 0 atom stereocenters. The van der Waals surface area contributed by atoms with Crippen molar-refractivity contribution < 1.29 is 9.32 Å². The highest BCUT2D eigenvalue weighted by atomic mass is 35.5. The van der Waals surface area contributed by atoms with Gasteiger partial charge in [-0.3, -0.25) is 4.79 Å². The number of aryl methyl sites for hydroxylation is 1. The van der Waals surface area contributed by atoms with E-state index in [0.29, 0.717) is 32.6 Å². The molecule has 0 saturated carbocycles. The van der Waals surface area contributed by atoms with Gasteiger partial charge in [0.25, 0.3) is 5.91 Å². The first-order valence-electron chi connectivity index (χ1n) is 6.76. The number of carbonyl (C=O) groups excluding carboxylic acids is 1. The lowest BCUT2D eigenvalue weighted by atomic mass is 10.1. The Balaban J connectivity index is 1.89. The highest BCUT2D eigenvalue weighted by Crippen LogP contribution is 2.34. The summed E-state index contributed by atoms with van der Waals surface area (Å²) in [5.41, 5.74) is 7.64. The number of anilines is 2. The van der Waals surface area contributed by atoms with E-state index in [2.05, 4.69) is 20.4 Å². The summed E-state index contributed by atoms with van der Waals surface area (Å²) < 4.78 is 4.73. The molecule has 0 saturated heterocycles. The molecule has 0 bridgehead atoms. The minimum Gasteiger partial charge on any atom is -0.382 e. The van der Waals surface area contributed by atoms with Gasteiger partial charge in [0, 0.05) is 5.56 Å². The molecule has 2 aromatic heterocycles. The fraction of sp³-hybridized carbons (Fsp3) is 0.0667. The van der Waals surface area contributed by atoms with Crippen LogP contribution in [0.3, 0.4) is 0 Å². The zero-order chi connectivity index (χ0) is 17.3. The van der Waals surface area contributed by atoms with Crippen LogP contribution < -0.4 is 11.1 Å². The summed E-state index contributed by atoms with van der Waals surface area (Å²) in [7, 11) is 0. The van der Waals surface area contributed by atoms with Crippen molar-refractivity contribution >= 4 is 40.7 Å². The summed E-state index contributed by atoms with van der Waals surface area (Å²) in [5.74, 6) is -0.116. The summed E-state index contributed by atoms with van der Waals surface area (Å²) in [4.78, 5) is 20.5. The highest BCUT2D eigenvalue weighted by molar-refractivity contribution is 6.43. The third-order valence-electron chi connectivity index (χ3n) is 3.24. The van der Waals surface area contributed by atoms with Gasteiger partial charge in [0.15, 0.2) is 11.6 Å². The average molecular weight is 364 g/mol. The van der Waals surface area contributed by atoms with Gasteiger partial charge in [-0.15, -0.1) is 0 Å². The monoisotopic (exact) mass is 363 g/mol. The van der Waals surface area contributed by atoms with Gasteiger partial charge in [0.2, 0.25) is 0 Å². The molecule has 3 rings (SSSR count). The fourth-order valence-corrected chi connectivity index (χ4v) is 2.44. The van der Waals surface area contributed by atoms with Gasteiger partial charge in [-0.05, 0) is 13.0 Å². The Morgan fingerprint density at radius 3 is 2.79 bits per heavy atom. The molecule has 3 aromatic rings. The number of amides is 1. The topological polar surface area (TPSA) is 107 Å². The van der Waals surface area contributed by atoms with Gasteiger partial charge in [0.05, 0.1) is 21.9 Å². The Bertz CT molecular complexity index is 926. The molecule has 9 heteroatoms. The number of carbonyl (C=O) groups is 1. The van der Waals surface area contributed by atoms with E-state index in [1.54, 1.807) is 25.1 Å². The van der Waals surface area contributed by atoms with E-state index < -0.39 is 5.91 Å². The quantitative estimate of drug-likeness (QED) is 0.736. The Kier molecular flexibility index (Phi) is 4.37. The molecule has 2 heterocycles. The Labute approximate surface area is 146 Å². The number of nitrogens with two attached hydrogens (primary N) is 1. The normalized spacial score (nSPS) is 10.6. The first-order chi connectivity index (χ1) is 11.5. The van der Waals surface area contributed by atoms with E-state index >= 15 is 0 Å². The maximum Gasteiger partial charge on any atom is 0.262 e. The van der Waals surface area contributed by atoms with Crippen molar-refractivity contribution in [3.05, 3.63) is 52.0 Å². The third kappa shape index (κ3) is 3.04. The smallest absolute Gasteiger partial charge is 0.262 e. The second kappa shape index (κ2) is 6.46. The molecule has 0 unspecified atom stereocenters. The number of hydrogen-bond donors (Lipinski definition) is 2. The van der Waals surface area contributed by atoms with Crippen molar-refractivity contribution in [3.8, 4) is 11.3 Å². The van der Waals surface area contributed by atoms with Gasteiger partial charge >= 0.3 is 0 Å². The molecular weight excluding hydrogens is 353 g/mol. The summed E-state index contributed by atoms with van der Waals surface area (Å²) >= 11 is 12.2. The van der Waals surface area contributed by atoms with E-state index in [9.17, 15) is 4.79 Å². The van der Waals surface area contributed by atoms with Crippen LogP contribution in [-0.2, 0) is 0 Å². The van der Waals surface area contributed by atoms with Crippen LogP contribution in [0.15, 0.2) is 35.2 Å². The number of nitrogen functional groups attached to an aromatic ring is 1. The van der Waals surface area contributed by atoms with E-state index in [0.717, 1.165) is 0 Å². The Hall–Kier alpha value is -2.64. The summed E-state index contributed by atoms with van der Waals surface area (Å²) in [6.07, 6.45) is 2.63. The predicted octanol–water partition coefficient (Wildman–Crippen LogP) is 3.58. The molecular formula is C15H11Cl2N5O2. The van der Waals surface area contributed by atoms with Crippen LogP contribution in [0.5, 0.6) is 0 Å². The van der Waals surface area contributed by atoms with Crippen LogP contribution >= 0.6 is 23.2 Å². The number of nitrogens with one attached hydrogen (secondary N) is 1. The number of hydrogen-bond acceptors (Lipinski definition) is 6. The molecule has 0 aliphatic rings. The van der Waals surface area contributed by atoms with Crippen LogP contribution in [0, 0.1) is 6.92 Å². The first-order valence-corrected chi connectivity index (χ1v) is 7.52. The molecule has 1 amide bonds. The summed E-state index contributed by atoms with van der Waals surface area (Å²) in [6, 6.07) is 5.12. The lowest BCUT2D eigenvalue weighted by Gasteiger charge is -2.09. The molecule has 0 aliphatic heterocycles. The van der Waals surface area contributed by atoms with Crippen molar-refractivity contribution in [1.82, 2.24) is 15.1 Å². The SMILES string of the molecule is Cc1nocc1C(=O)Nc1cnc(-c2cccc(Cl)c2Cl)c(N)n1. The second-order valence-corrected chi connectivity index (χ2v) is 5.64. The van der Waals surface area contributed by atoms with Crippen LogP contribution in [0.4, 0.5) is 11.6 Å². The largest absolute Gasteiger partial charge is 0.382 e. The van der Waals surface area contributed by atoms with E-state index in [-0.39, 0.29) is 11.6 Å². The molecule has 0 radical (unpaired) electrons. The van der Waals surface area contributed by atoms with Crippen LogP contribution in [0.2, 0.25) is 10.0 Å². The predicted molar refractivity (Wildman–Crippen MR) is 91.1 cm³/mol. The van der Waals surface area contributed by atoms with Gasteiger partial charge in [-0.25, -0.2) is 9.97 Å². The Morgan fingerprint density at radius 1 is 1.33 bits per heavy atom. The van der Waals surface area contributed by atoms with Gasteiger partial charge in [-0.1, -0.05) is 40.5 Å². The molecule has 0 spiro atoms. The van der Waals surface area contributed by atoms with E-state index in [1.165, 1.54) is 12.5 Å². The minimum absolute atomic E-state index is 0.110. The average Bonchev–Trinajstić information content (AvgIpc) is 2.97. The summed E-state index contributed by atoms with van der Waals surface area (Å²) in [5, 5.41) is 6.94. The summed E-state index contributed by atoms with van der Waals surface area (Å²) in [6.45, 7) is 1.66. The van der Waals surface area contributed by atoms with Crippen molar-refractivity contribution in [2.45, 2.75) is 6.92 Å². The maximum atomic E-state index is 12.1. The molecule has 24 heavy (non-hydrogen) atoms. The lowest BCUT2D eigenvalue weighted by molar-refractivity contribution is 0.102. The lowest BCUT2D eigenvalue weighted by Crippen LogP contribution is -2.14. The van der Waals surface area contributed by atoms with Crippen LogP contribution in [0.25, 0.3) is 11.3 Å². The van der Waals surface area contributed by atoms with Crippen molar-refractivity contribution in [3.63, 3.8) is 0 Å². The standard InChI is InChI=1S/C15H11Cl2N5O2/c1-7-9(6-24-22-7)15(23)21-11-5-19-13(14(18)20-11)8-3-2-4-10(16)12(8)17/h2-6H,1H3,(H3,18,20,21,23). The fourth-order valence-electron chi connectivity index (χ4n) is 2.05. The van der Waals surface area contributed by atoms with Gasteiger partial charge in [-0.2, -0.15) is 0 Å². The molecule has 7 nitrogen and oxygen atoms in total.